The van der Waals surface area contributed by atoms with Gasteiger partial charge in [0.05, 0.1) is 12.7 Å². The van der Waals surface area contributed by atoms with Gasteiger partial charge in [-0.1, -0.05) is 20.3 Å². The van der Waals surface area contributed by atoms with Crippen molar-refractivity contribution in [3.63, 3.8) is 0 Å². The summed E-state index contributed by atoms with van der Waals surface area (Å²) in [5.41, 5.74) is 0. The predicted molar refractivity (Wildman–Crippen MR) is 51.6 cm³/mol. The average molecular weight is 188 g/mol. The molecule has 0 aromatic rings. The second-order valence-electron chi connectivity index (χ2n) is 3.01. The maximum Gasteiger partial charge on any atom is 0.305 e. The van der Waals surface area contributed by atoms with Crippen molar-refractivity contribution in [3.8, 4) is 0 Å². The molecule has 0 aromatic heterocycles. The van der Waals surface area contributed by atoms with Crippen LogP contribution in [0.1, 0.15) is 39.5 Å². The first-order valence-corrected chi connectivity index (χ1v) is 4.93. The lowest BCUT2D eigenvalue weighted by atomic mass is 10.1. The summed E-state index contributed by atoms with van der Waals surface area (Å²) in [5, 5.41) is 0. The fourth-order valence-electron chi connectivity index (χ4n) is 1.11. The van der Waals surface area contributed by atoms with Crippen LogP contribution < -0.4 is 0 Å². The van der Waals surface area contributed by atoms with Crippen LogP contribution in [-0.4, -0.2) is 25.8 Å². The van der Waals surface area contributed by atoms with Crippen molar-refractivity contribution in [2.45, 2.75) is 45.6 Å². The molecule has 3 nitrogen and oxygen atoms in total. The van der Waals surface area contributed by atoms with E-state index in [0.29, 0.717) is 13.0 Å². The van der Waals surface area contributed by atoms with Crippen LogP contribution in [0.2, 0.25) is 0 Å². The number of hydrogen-bond acceptors (Lipinski definition) is 3. The van der Waals surface area contributed by atoms with E-state index in [9.17, 15) is 4.79 Å². The maximum atomic E-state index is 10.8. The molecular formula is C10H20O3. The SMILES string of the molecule is CCCC(CCOC(=O)CC)OC. The highest BCUT2D eigenvalue weighted by Gasteiger charge is 2.06. The topological polar surface area (TPSA) is 35.5 Å². The van der Waals surface area contributed by atoms with Gasteiger partial charge in [-0.15, -0.1) is 0 Å². The fourth-order valence-corrected chi connectivity index (χ4v) is 1.11. The summed E-state index contributed by atoms with van der Waals surface area (Å²) in [6, 6.07) is 0. The number of ether oxygens (including phenoxy) is 2. The molecule has 13 heavy (non-hydrogen) atoms. The van der Waals surface area contributed by atoms with E-state index in [1.54, 1.807) is 14.0 Å². The van der Waals surface area contributed by atoms with Crippen LogP contribution in [0.15, 0.2) is 0 Å². The third-order valence-electron chi connectivity index (χ3n) is 1.94. The molecule has 1 atom stereocenters. The fraction of sp³-hybridized carbons (Fsp3) is 0.900. The van der Waals surface area contributed by atoms with Crippen LogP contribution in [0.4, 0.5) is 0 Å². The van der Waals surface area contributed by atoms with Gasteiger partial charge in [-0.3, -0.25) is 4.79 Å². The number of hydrogen-bond donors (Lipinski definition) is 0. The lowest BCUT2D eigenvalue weighted by molar-refractivity contribution is -0.144. The lowest BCUT2D eigenvalue weighted by Gasteiger charge is -2.13. The molecule has 3 heteroatoms. The Morgan fingerprint density at radius 1 is 1.31 bits per heavy atom. The van der Waals surface area contributed by atoms with Crippen LogP contribution in [-0.2, 0) is 14.3 Å². The molecule has 0 heterocycles. The number of carbonyl (C=O) groups excluding carboxylic acids is 1. The summed E-state index contributed by atoms with van der Waals surface area (Å²) in [6.07, 6.45) is 3.61. The summed E-state index contributed by atoms with van der Waals surface area (Å²) >= 11 is 0. The van der Waals surface area contributed by atoms with Gasteiger partial charge in [-0.05, 0) is 6.42 Å². The minimum atomic E-state index is -0.133. The normalized spacial score (nSPS) is 12.5. The second kappa shape index (κ2) is 8.05. The van der Waals surface area contributed by atoms with Crippen molar-refractivity contribution in [2.75, 3.05) is 13.7 Å². The Balaban J connectivity index is 3.42. The summed E-state index contributed by atoms with van der Waals surface area (Å²) in [4.78, 5) is 10.8. The minimum Gasteiger partial charge on any atom is -0.466 e. The van der Waals surface area contributed by atoms with Crippen LogP contribution in [0.25, 0.3) is 0 Å². The summed E-state index contributed by atoms with van der Waals surface area (Å²) < 4.78 is 10.2. The first-order valence-electron chi connectivity index (χ1n) is 4.93. The molecule has 0 saturated heterocycles. The quantitative estimate of drug-likeness (QED) is 0.574. The summed E-state index contributed by atoms with van der Waals surface area (Å²) in [7, 11) is 1.70. The van der Waals surface area contributed by atoms with Gasteiger partial charge in [0.2, 0.25) is 0 Å². The molecule has 78 valence electrons. The molecule has 0 rings (SSSR count). The Morgan fingerprint density at radius 3 is 2.46 bits per heavy atom. The van der Waals surface area contributed by atoms with E-state index in [1.807, 2.05) is 0 Å². The number of esters is 1. The van der Waals surface area contributed by atoms with Crippen LogP contribution in [0.5, 0.6) is 0 Å². The number of carbonyl (C=O) groups is 1. The molecule has 0 aromatic carbocycles. The van der Waals surface area contributed by atoms with Gasteiger partial charge >= 0.3 is 5.97 Å². The number of methoxy groups -OCH3 is 1. The van der Waals surface area contributed by atoms with Crippen LogP contribution >= 0.6 is 0 Å². The molecule has 0 fully saturated rings. The van der Waals surface area contributed by atoms with E-state index < -0.39 is 0 Å². The molecule has 0 N–H and O–H groups in total. The highest BCUT2D eigenvalue weighted by Crippen LogP contribution is 2.05. The largest absolute Gasteiger partial charge is 0.466 e. The minimum absolute atomic E-state index is 0.133. The Hall–Kier alpha value is -0.570. The molecule has 0 radical (unpaired) electrons. The number of rotatable bonds is 7. The molecule has 0 aliphatic rings. The van der Waals surface area contributed by atoms with Crippen molar-refractivity contribution in [3.05, 3.63) is 0 Å². The van der Waals surface area contributed by atoms with E-state index in [1.165, 1.54) is 0 Å². The monoisotopic (exact) mass is 188 g/mol. The van der Waals surface area contributed by atoms with Crippen molar-refractivity contribution in [1.29, 1.82) is 0 Å². The summed E-state index contributed by atoms with van der Waals surface area (Å²) in [5.74, 6) is -0.133. The van der Waals surface area contributed by atoms with Gasteiger partial charge < -0.3 is 9.47 Å². The van der Waals surface area contributed by atoms with Crippen molar-refractivity contribution >= 4 is 5.97 Å². The standard InChI is InChI=1S/C10H20O3/c1-4-6-9(12-3)7-8-13-10(11)5-2/h9H,4-8H2,1-3H3. The van der Waals surface area contributed by atoms with Crippen molar-refractivity contribution in [2.24, 2.45) is 0 Å². The predicted octanol–water partition coefficient (Wildman–Crippen LogP) is 2.14. The Kier molecular flexibility index (Phi) is 7.69. The molecule has 0 bridgehead atoms. The zero-order chi connectivity index (χ0) is 10.1. The summed E-state index contributed by atoms with van der Waals surface area (Å²) in [6.45, 7) is 4.39. The van der Waals surface area contributed by atoms with Crippen molar-refractivity contribution in [1.82, 2.24) is 0 Å². The van der Waals surface area contributed by atoms with E-state index in [-0.39, 0.29) is 12.1 Å². The van der Waals surface area contributed by atoms with Crippen molar-refractivity contribution < 1.29 is 14.3 Å². The van der Waals surface area contributed by atoms with E-state index in [4.69, 9.17) is 9.47 Å². The average Bonchev–Trinajstić information content (AvgIpc) is 2.16. The molecule has 0 aliphatic heterocycles. The van der Waals surface area contributed by atoms with Crippen LogP contribution in [0, 0.1) is 0 Å². The zero-order valence-corrected chi connectivity index (χ0v) is 8.84. The van der Waals surface area contributed by atoms with Gasteiger partial charge in [-0.25, -0.2) is 0 Å². The zero-order valence-electron chi connectivity index (χ0n) is 8.84. The molecule has 0 spiro atoms. The van der Waals surface area contributed by atoms with Gasteiger partial charge in [0.25, 0.3) is 0 Å². The molecule has 0 amide bonds. The van der Waals surface area contributed by atoms with E-state index in [0.717, 1.165) is 19.3 Å². The first-order chi connectivity index (χ1) is 6.24. The lowest BCUT2D eigenvalue weighted by Crippen LogP contribution is -2.15. The van der Waals surface area contributed by atoms with Gasteiger partial charge in [0.15, 0.2) is 0 Å². The Labute approximate surface area is 80.4 Å². The molecule has 0 aliphatic carbocycles. The molecule has 1 unspecified atom stereocenters. The highest BCUT2D eigenvalue weighted by molar-refractivity contribution is 5.68. The van der Waals surface area contributed by atoms with E-state index >= 15 is 0 Å². The highest BCUT2D eigenvalue weighted by atomic mass is 16.5. The third kappa shape index (κ3) is 6.58. The van der Waals surface area contributed by atoms with Gasteiger partial charge in [0, 0.05) is 20.0 Å². The Bertz CT molecular complexity index is 134. The second-order valence-corrected chi connectivity index (χ2v) is 3.01. The van der Waals surface area contributed by atoms with Crippen LogP contribution in [0.3, 0.4) is 0 Å². The maximum absolute atomic E-state index is 10.8. The van der Waals surface area contributed by atoms with E-state index in [2.05, 4.69) is 6.92 Å². The first kappa shape index (κ1) is 12.4. The van der Waals surface area contributed by atoms with Gasteiger partial charge in [0.1, 0.15) is 0 Å². The Morgan fingerprint density at radius 2 is 2.00 bits per heavy atom. The smallest absolute Gasteiger partial charge is 0.305 e. The molecular weight excluding hydrogens is 168 g/mol. The van der Waals surface area contributed by atoms with Gasteiger partial charge in [-0.2, -0.15) is 0 Å². The third-order valence-corrected chi connectivity index (χ3v) is 1.94. The molecule has 0 saturated carbocycles.